The molecule has 0 bridgehead atoms. The third-order valence-electron chi connectivity index (χ3n) is 1.11. The van der Waals surface area contributed by atoms with E-state index in [4.69, 9.17) is 0 Å². The summed E-state index contributed by atoms with van der Waals surface area (Å²) in [6.07, 6.45) is 4.56. The van der Waals surface area contributed by atoms with E-state index in [9.17, 15) is 0 Å². The van der Waals surface area contributed by atoms with Gasteiger partial charge in [-0.3, -0.25) is 4.72 Å². The quantitative estimate of drug-likeness (QED) is 0.495. The summed E-state index contributed by atoms with van der Waals surface area (Å²) in [5.74, 6) is 0. The van der Waals surface area contributed by atoms with Crippen molar-refractivity contribution >= 4 is 30.3 Å². The van der Waals surface area contributed by atoms with Gasteiger partial charge in [0.1, 0.15) is 0 Å². The summed E-state index contributed by atoms with van der Waals surface area (Å²) in [6.45, 7) is 0.982. The molecule has 1 aromatic rings. The third-order valence-corrected chi connectivity index (χ3v) is 2.35. The molecule has 0 saturated heterocycles. The molecule has 2 N–H and O–H groups in total. The highest BCUT2D eigenvalue weighted by molar-refractivity contribution is 14.2. The maximum atomic E-state index is 3.91. The van der Waals surface area contributed by atoms with Crippen LogP contribution in [0, 0.1) is 0 Å². The fourth-order valence-electron chi connectivity index (χ4n) is 0.646. The molecule has 0 spiro atoms. The minimum absolute atomic E-state index is 0.982. The number of imidazole rings is 1. The molecule has 0 aliphatic carbocycles. The molecule has 0 saturated carbocycles. The van der Waals surface area contributed by atoms with Crippen molar-refractivity contribution in [1.82, 2.24) is 14.7 Å². The first-order valence-electron chi connectivity index (χ1n) is 2.91. The first-order chi connectivity index (χ1) is 4.93. The van der Waals surface area contributed by atoms with E-state index in [1.165, 1.54) is 5.69 Å². The van der Waals surface area contributed by atoms with Crippen LogP contribution < -0.4 is 4.72 Å². The minimum Gasteiger partial charge on any atom is -0.348 e. The van der Waals surface area contributed by atoms with Gasteiger partial charge in [0.25, 0.3) is 0 Å². The van der Waals surface area contributed by atoms with Gasteiger partial charge < -0.3 is 4.98 Å². The van der Waals surface area contributed by atoms with Crippen LogP contribution in [0.2, 0.25) is 0 Å². The summed E-state index contributed by atoms with van der Waals surface area (Å²) in [5, 5.41) is 0. The molecule has 0 aliphatic rings. The van der Waals surface area contributed by atoms with Gasteiger partial charge in [-0.1, -0.05) is 0 Å². The molecule has 0 fully saturated rings. The van der Waals surface area contributed by atoms with Crippen molar-refractivity contribution in [3.63, 3.8) is 0 Å². The Balaban J connectivity index is 2.15. The van der Waals surface area contributed by atoms with E-state index in [0.29, 0.717) is 0 Å². The molecule has 0 aromatic carbocycles. The fraction of sp³-hybridized carbons (Fsp3) is 0.400. The number of hydrogen-bond donors (Lipinski definition) is 2. The van der Waals surface area contributed by atoms with Crippen LogP contribution in [0.5, 0.6) is 0 Å². The van der Waals surface area contributed by atoms with Crippen molar-refractivity contribution in [3.05, 3.63) is 18.2 Å². The molecule has 1 rings (SSSR count). The third kappa shape index (κ3) is 2.89. The van der Waals surface area contributed by atoms with E-state index >= 15 is 0 Å². The summed E-state index contributed by atoms with van der Waals surface area (Å²) < 4.78 is 3.14. The van der Waals surface area contributed by atoms with Gasteiger partial charge in [-0.15, -0.1) is 0 Å². The topological polar surface area (TPSA) is 40.7 Å². The SMILES string of the molecule is ISNCCc1cnc[nH]1. The molecule has 1 aromatic heterocycles. The Morgan fingerprint density at radius 2 is 2.70 bits per heavy atom. The Bertz CT molecular complexity index is 165. The Hall–Kier alpha value is 0.250. The van der Waals surface area contributed by atoms with E-state index in [-0.39, 0.29) is 0 Å². The van der Waals surface area contributed by atoms with Gasteiger partial charge in [0.2, 0.25) is 0 Å². The number of nitrogens with one attached hydrogen (secondary N) is 2. The highest BCUT2D eigenvalue weighted by atomic mass is 127. The number of nitrogens with zero attached hydrogens (tertiary/aromatic N) is 1. The molecule has 0 amide bonds. The zero-order chi connectivity index (χ0) is 7.23. The smallest absolute Gasteiger partial charge is 0.0921 e. The van der Waals surface area contributed by atoms with Crippen molar-refractivity contribution in [2.75, 3.05) is 6.54 Å². The predicted octanol–water partition coefficient (Wildman–Crippen LogP) is 1.54. The summed E-state index contributed by atoms with van der Waals surface area (Å²) >= 11 is 2.21. The lowest BCUT2D eigenvalue weighted by Crippen LogP contribution is -2.06. The van der Waals surface area contributed by atoms with E-state index in [1.807, 2.05) is 6.20 Å². The van der Waals surface area contributed by atoms with Gasteiger partial charge in [-0.05, 0) is 9.12 Å². The molecule has 3 nitrogen and oxygen atoms in total. The molecule has 1 heterocycles. The average Bonchev–Trinajstić information content (AvgIpc) is 2.41. The summed E-state index contributed by atoms with van der Waals surface area (Å²) in [4.78, 5) is 6.94. The van der Waals surface area contributed by atoms with Crippen LogP contribution in [0.3, 0.4) is 0 Å². The minimum atomic E-state index is 0.982. The molecule has 0 atom stereocenters. The predicted molar refractivity (Wildman–Crippen MR) is 51.9 cm³/mol. The van der Waals surface area contributed by atoms with E-state index in [2.05, 4.69) is 35.9 Å². The Morgan fingerprint density at radius 1 is 1.80 bits per heavy atom. The largest absolute Gasteiger partial charge is 0.348 e. The van der Waals surface area contributed by atoms with Gasteiger partial charge >= 0.3 is 0 Å². The van der Waals surface area contributed by atoms with Crippen molar-refractivity contribution in [3.8, 4) is 0 Å². The normalized spacial score (nSPS) is 10.1. The first-order valence-corrected chi connectivity index (χ1v) is 6.27. The monoisotopic (exact) mass is 269 g/mol. The zero-order valence-corrected chi connectivity index (χ0v) is 8.28. The van der Waals surface area contributed by atoms with Crippen LogP contribution in [0.4, 0.5) is 0 Å². The van der Waals surface area contributed by atoms with Crippen molar-refractivity contribution in [1.29, 1.82) is 0 Å². The van der Waals surface area contributed by atoms with E-state index in [1.54, 1.807) is 15.4 Å². The number of aromatic amines is 1. The number of hydrogen-bond acceptors (Lipinski definition) is 3. The zero-order valence-electron chi connectivity index (χ0n) is 5.30. The molecular weight excluding hydrogens is 261 g/mol. The fourth-order valence-corrected chi connectivity index (χ4v) is 1.49. The summed E-state index contributed by atoms with van der Waals surface area (Å²) in [5.41, 5.74) is 1.18. The average molecular weight is 269 g/mol. The molecule has 5 heteroatoms. The van der Waals surface area contributed by atoms with Crippen LogP contribution in [-0.4, -0.2) is 16.5 Å². The van der Waals surface area contributed by atoms with Crippen LogP contribution in [0.1, 0.15) is 5.69 Å². The molecule has 56 valence electrons. The van der Waals surface area contributed by atoms with E-state index < -0.39 is 0 Å². The molecule has 10 heavy (non-hydrogen) atoms. The van der Waals surface area contributed by atoms with Crippen molar-refractivity contribution in [2.24, 2.45) is 0 Å². The second-order valence-corrected chi connectivity index (χ2v) is 3.56. The van der Waals surface area contributed by atoms with Crippen LogP contribution >= 0.6 is 30.3 Å². The molecule has 0 radical (unpaired) electrons. The summed E-state index contributed by atoms with van der Waals surface area (Å²) in [6, 6.07) is 0. The van der Waals surface area contributed by atoms with Gasteiger partial charge in [0.15, 0.2) is 0 Å². The van der Waals surface area contributed by atoms with Gasteiger partial charge in [-0.2, -0.15) is 0 Å². The standard InChI is InChI=1S/C5H8IN3S/c6-10-9-2-1-5-3-7-4-8-5/h3-4,9H,1-2H2,(H,7,8). The molecular formula is C5H8IN3S. The second kappa shape index (κ2) is 4.97. The lowest BCUT2D eigenvalue weighted by atomic mass is 10.3. The highest BCUT2D eigenvalue weighted by Crippen LogP contribution is 2.03. The lowest BCUT2D eigenvalue weighted by Gasteiger charge is -1.95. The maximum absolute atomic E-state index is 3.91. The summed E-state index contributed by atoms with van der Waals surface area (Å²) in [7, 11) is 1.61. The number of H-pyrrole nitrogens is 1. The van der Waals surface area contributed by atoms with Crippen LogP contribution in [-0.2, 0) is 6.42 Å². The van der Waals surface area contributed by atoms with Crippen molar-refractivity contribution in [2.45, 2.75) is 6.42 Å². The number of aromatic nitrogens is 2. The van der Waals surface area contributed by atoms with Crippen LogP contribution in [0.25, 0.3) is 0 Å². The first kappa shape index (κ1) is 8.35. The Kier molecular flexibility index (Phi) is 4.15. The van der Waals surface area contributed by atoms with Crippen molar-refractivity contribution < 1.29 is 0 Å². The van der Waals surface area contributed by atoms with Gasteiger partial charge in [0.05, 0.1) is 6.33 Å². The van der Waals surface area contributed by atoms with Crippen LogP contribution in [0.15, 0.2) is 12.5 Å². The number of halogens is 1. The van der Waals surface area contributed by atoms with E-state index in [0.717, 1.165) is 13.0 Å². The molecule has 0 unspecified atom stereocenters. The second-order valence-electron chi connectivity index (χ2n) is 1.80. The molecule has 0 aliphatic heterocycles. The van der Waals surface area contributed by atoms with Gasteiger partial charge in [0, 0.05) is 46.1 Å². The number of rotatable bonds is 4. The lowest BCUT2D eigenvalue weighted by molar-refractivity contribution is 0.888. The maximum Gasteiger partial charge on any atom is 0.0921 e. The van der Waals surface area contributed by atoms with Gasteiger partial charge in [-0.25, -0.2) is 4.98 Å². The Morgan fingerprint density at radius 3 is 3.30 bits per heavy atom. The Labute approximate surface area is 76.1 Å². The highest BCUT2D eigenvalue weighted by Gasteiger charge is 1.91.